The Kier molecular flexibility index (Phi) is 6.11. The molecule has 156 valence electrons. The molecule has 2 aromatic heterocycles. The number of halogens is 3. The fourth-order valence-corrected chi connectivity index (χ4v) is 3.07. The standard InChI is InChI=1S/C15H17N5O2.C2HF3O2/c1-3-18-14(19-4-1)20-10-15(11-20)8-12(2-7-21-15)22-13-9-16-5-6-17-13;3-2(4,5)1(6)7/h1,3-6,9,12H,2,7-8,10-11H2;(H,6,7). The van der Waals surface area contributed by atoms with Gasteiger partial charge < -0.3 is 19.5 Å². The molecular weight excluding hydrogens is 395 g/mol. The largest absolute Gasteiger partial charge is 0.490 e. The molecule has 9 nitrogen and oxygen atoms in total. The number of alkyl halides is 3. The van der Waals surface area contributed by atoms with Crippen LogP contribution in [0.15, 0.2) is 37.1 Å². The summed E-state index contributed by atoms with van der Waals surface area (Å²) in [5.74, 6) is -1.42. The second-order valence-electron chi connectivity index (χ2n) is 6.52. The van der Waals surface area contributed by atoms with Crippen LogP contribution in [0.5, 0.6) is 5.88 Å². The Labute approximate surface area is 163 Å². The Morgan fingerprint density at radius 1 is 1.21 bits per heavy atom. The first kappa shape index (κ1) is 20.7. The molecule has 2 saturated heterocycles. The topological polar surface area (TPSA) is 111 Å². The van der Waals surface area contributed by atoms with Gasteiger partial charge in [0.05, 0.1) is 25.9 Å². The second-order valence-corrected chi connectivity index (χ2v) is 6.52. The van der Waals surface area contributed by atoms with E-state index >= 15 is 0 Å². The van der Waals surface area contributed by atoms with Crippen molar-refractivity contribution in [2.45, 2.75) is 30.7 Å². The average Bonchev–Trinajstić information content (AvgIpc) is 2.67. The number of nitrogens with zero attached hydrogens (tertiary/aromatic N) is 5. The average molecular weight is 413 g/mol. The molecule has 2 aromatic rings. The molecule has 12 heteroatoms. The molecule has 0 aliphatic carbocycles. The van der Waals surface area contributed by atoms with Crippen LogP contribution in [0.1, 0.15) is 12.8 Å². The van der Waals surface area contributed by atoms with Gasteiger partial charge >= 0.3 is 12.1 Å². The van der Waals surface area contributed by atoms with Crippen molar-refractivity contribution in [2.24, 2.45) is 0 Å². The van der Waals surface area contributed by atoms with Crippen molar-refractivity contribution >= 4 is 11.9 Å². The summed E-state index contributed by atoms with van der Waals surface area (Å²) in [6, 6.07) is 1.82. The number of carboxylic acid groups (broad SMARTS) is 1. The minimum absolute atomic E-state index is 0.115. The third-order valence-electron chi connectivity index (χ3n) is 4.31. The van der Waals surface area contributed by atoms with Crippen molar-refractivity contribution in [2.75, 3.05) is 24.6 Å². The first-order valence-corrected chi connectivity index (χ1v) is 8.66. The predicted octanol–water partition coefficient (Wildman–Crippen LogP) is 1.72. The van der Waals surface area contributed by atoms with Gasteiger partial charge in [-0.25, -0.2) is 19.7 Å². The van der Waals surface area contributed by atoms with Gasteiger partial charge in [-0.1, -0.05) is 0 Å². The zero-order valence-corrected chi connectivity index (χ0v) is 15.1. The van der Waals surface area contributed by atoms with Crippen LogP contribution in [0.4, 0.5) is 19.1 Å². The number of rotatable bonds is 3. The minimum Gasteiger partial charge on any atom is -0.475 e. The Morgan fingerprint density at radius 3 is 2.48 bits per heavy atom. The molecule has 29 heavy (non-hydrogen) atoms. The molecule has 1 unspecified atom stereocenters. The first-order chi connectivity index (χ1) is 13.8. The Hall–Kier alpha value is -3.02. The molecule has 4 heterocycles. The van der Waals surface area contributed by atoms with E-state index in [2.05, 4.69) is 24.8 Å². The van der Waals surface area contributed by atoms with E-state index in [1.54, 1.807) is 31.0 Å². The maximum Gasteiger partial charge on any atom is 0.490 e. The summed E-state index contributed by atoms with van der Waals surface area (Å²) in [7, 11) is 0. The molecule has 0 aromatic carbocycles. The third-order valence-corrected chi connectivity index (χ3v) is 4.31. The monoisotopic (exact) mass is 413 g/mol. The molecule has 0 radical (unpaired) electrons. The smallest absolute Gasteiger partial charge is 0.475 e. The Morgan fingerprint density at radius 2 is 1.90 bits per heavy atom. The van der Waals surface area contributed by atoms with Crippen LogP contribution in [-0.4, -0.2) is 68.6 Å². The van der Waals surface area contributed by atoms with Gasteiger partial charge in [0.15, 0.2) is 0 Å². The SMILES string of the molecule is O=C(O)C(F)(F)F.c1cnc(N2CC3(CC(Oc4cnccn4)CCO3)C2)nc1. The van der Waals surface area contributed by atoms with Gasteiger partial charge in [-0.05, 0) is 6.07 Å². The number of aromatic nitrogens is 4. The van der Waals surface area contributed by atoms with Crippen molar-refractivity contribution in [3.05, 3.63) is 37.1 Å². The van der Waals surface area contributed by atoms with Gasteiger partial charge in [-0.2, -0.15) is 13.2 Å². The summed E-state index contributed by atoms with van der Waals surface area (Å²) in [4.78, 5) is 27.8. The van der Waals surface area contributed by atoms with Crippen LogP contribution in [0.3, 0.4) is 0 Å². The van der Waals surface area contributed by atoms with Crippen molar-refractivity contribution in [1.82, 2.24) is 19.9 Å². The molecule has 2 aliphatic heterocycles. The summed E-state index contributed by atoms with van der Waals surface area (Å²) in [6.45, 7) is 2.31. The summed E-state index contributed by atoms with van der Waals surface area (Å²) in [6.07, 6.45) is 5.21. The quantitative estimate of drug-likeness (QED) is 0.804. The van der Waals surface area contributed by atoms with Crippen molar-refractivity contribution in [3.63, 3.8) is 0 Å². The first-order valence-electron chi connectivity index (χ1n) is 8.66. The van der Waals surface area contributed by atoms with E-state index in [0.717, 1.165) is 31.9 Å². The van der Waals surface area contributed by atoms with E-state index < -0.39 is 12.1 Å². The molecule has 2 fully saturated rings. The lowest BCUT2D eigenvalue weighted by Gasteiger charge is -2.52. The lowest BCUT2D eigenvalue weighted by molar-refractivity contribution is -0.192. The highest BCUT2D eigenvalue weighted by molar-refractivity contribution is 5.73. The fraction of sp³-hybridized carbons (Fsp3) is 0.471. The molecule has 2 aliphatic rings. The van der Waals surface area contributed by atoms with E-state index in [9.17, 15) is 13.2 Å². The number of carbonyl (C=O) groups is 1. The van der Waals surface area contributed by atoms with Crippen LogP contribution in [0, 0.1) is 0 Å². The molecule has 1 spiro atoms. The van der Waals surface area contributed by atoms with Crippen molar-refractivity contribution in [1.29, 1.82) is 0 Å². The number of aliphatic carboxylic acids is 1. The van der Waals surface area contributed by atoms with Crippen LogP contribution in [0.25, 0.3) is 0 Å². The van der Waals surface area contributed by atoms with E-state index in [0.29, 0.717) is 12.5 Å². The number of ether oxygens (including phenoxy) is 2. The number of hydrogen-bond donors (Lipinski definition) is 1. The molecule has 4 rings (SSSR count). The van der Waals surface area contributed by atoms with Crippen LogP contribution in [0.2, 0.25) is 0 Å². The summed E-state index contributed by atoms with van der Waals surface area (Å²) >= 11 is 0. The highest BCUT2D eigenvalue weighted by Crippen LogP contribution is 2.36. The van der Waals surface area contributed by atoms with Gasteiger partial charge in [-0.15, -0.1) is 0 Å². The van der Waals surface area contributed by atoms with Gasteiger partial charge in [0.2, 0.25) is 11.8 Å². The number of anilines is 1. The normalized spacial score (nSPS) is 20.2. The van der Waals surface area contributed by atoms with Crippen molar-refractivity contribution < 1.29 is 32.5 Å². The highest BCUT2D eigenvalue weighted by atomic mass is 19.4. The van der Waals surface area contributed by atoms with Crippen molar-refractivity contribution in [3.8, 4) is 5.88 Å². The second kappa shape index (κ2) is 8.55. The molecule has 0 amide bonds. The van der Waals surface area contributed by atoms with Crippen LogP contribution < -0.4 is 9.64 Å². The van der Waals surface area contributed by atoms with E-state index in [4.69, 9.17) is 19.4 Å². The van der Waals surface area contributed by atoms with E-state index in [1.807, 2.05) is 6.07 Å². The Bertz CT molecular complexity index is 804. The van der Waals surface area contributed by atoms with E-state index in [1.165, 1.54) is 0 Å². The zero-order valence-electron chi connectivity index (χ0n) is 15.1. The third kappa shape index (κ3) is 5.50. The maximum atomic E-state index is 10.6. The number of hydrogen-bond acceptors (Lipinski definition) is 8. The minimum atomic E-state index is -5.08. The zero-order chi connectivity index (χ0) is 20.9. The maximum absolute atomic E-state index is 10.6. The predicted molar refractivity (Wildman–Crippen MR) is 92.3 cm³/mol. The van der Waals surface area contributed by atoms with Gasteiger partial charge in [0.25, 0.3) is 0 Å². The molecule has 0 saturated carbocycles. The molecular formula is C17H18F3N5O4. The molecule has 0 bridgehead atoms. The summed E-state index contributed by atoms with van der Waals surface area (Å²) < 4.78 is 43.7. The van der Waals surface area contributed by atoms with Gasteiger partial charge in [0, 0.05) is 37.6 Å². The summed E-state index contributed by atoms with van der Waals surface area (Å²) in [5, 5.41) is 7.12. The Balaban J connectivity index is 0.000000298. The molecule has 1 N–H and O–H groups in total. The van der Waals surface area contributed by atoms with E-state index in [-0.39, 0.29) is 11.7 Å². The van der Waals surface area contributed by atoms with Gasteiger partial charge in [-0.3, -0.25) is 4.98 Å². The number of carboxylic acids is 1. The lowest BCUT2D eigenvalue weighted by Crippen LogP contribution is -2.66. The van der Waals surface area contributed by atoms with Crippen LogP contribution in [-0.2, 0) is 9.53 Å². The lowest BCUT2D eigenvalue weighted by atomic mass is 9.85. The highest BCUT2D eigenvalue weighted by Gasteiger charge is 2.49. The fourth-order valence-electron chi connectivity index (χ4n) is 3.07. The molecule has 1 atom stereocenters. The summed E-state index contributed by atoms with van der Waals surface area (Å²) in [5.41, 5.74) is -0.148. The van der Waals surface area contributed by atoms with Gasteiger partial charge in [0.1, 0.15) is 11.7 Å². The van der Waals surface area contributed by atoms with Crippen LogP contribution >= 0.6 is 0 Å².